The number of rotatable bonds is 4. The van der Waals surface area contributed by atoms with Gasteiger partial charge in [-0.3, -0.25) is 14.7 Å². The van der Waals surface area contributed by atoms with E-state index in [9.17, 15) is 0 Å². The fourth-order valence-electron chi connectivity index (χ4n) is 2.38. The summed E-state index contributed by atoms with van der Waals surface area (Å²) in [5, 5.41) is 3.47. The molecule has 4 nitrogen and oxygen atoms in total. The van der Waals surface area contributed by atoms with Gasteiger partial charge in [-0.05, 0) is 20.3 Å². The maximum absolute atomic E-state index is 3.47. The molecule has 2 atom stereocenters. The minimum absolute atomic E-state index is 0.985. The molecule has 0 aromatic rings. The van der Waals surface area contributed by atoms with Crippen LogP contribution in [0.25, 0.3) is 0 Å². The van der Waals surface area contributed by atoms with E-state index in [4.69, 9.17) is 0 Å². The molecule has 0 radical (unpaired) electrons. The van der Waals surface area contributed by atoms with Crippen LogP contribution in [0.3, 0.4) is 0 Å². The Morgan fingerprint density at radius 3 is 2.44 bits per heavy atom. The first kappa shape index (κ1) is 12.0. The van der Waals surface area contributed by atoms with Crippen molar-refractivity contribution in [2.45, 2.75) is 20.3 Å². The molecular weight excluding hydrogens is 200 g/mol. The van der Waals surface area contributed by atoms with Crippen LogP contribution in [0.15, 0.2) is 11.6 Å². The van der Waals surface area contributed by atoms with Gasteiger partial charge < -0.3 is 5.32 Å². The Morgan fingerprint density at radius 2 is 1.81 bits per heavy atom. The Balaban J connectivity index is 1.68. The van der Waals surface area contributed by atoms with E-state index < -0.39 is 0 Å². The van der Waals surface area contributed by atoms with E-state index in [1.54, 1.807) is 0 Å². The summed E-state index contributed by atoms with van der Waals surface area (Å²) in [5.74, 6) is 0. The van der Waals surface area contributed by atoms with E-state index in [1.165, 1.54) is 31.8 Å². The summed E-state index contributed by atoms with van der Waals surface area (Å²) >= 11 is 0. The summed E-state index contributed by atoms with van der Waals surface area (Å²) in [6, 6.07) is 0. The Hall–Kier alpha value is -0.420. The van der Waals surface area contributed by atoms with Gasteiger partial charge in [0.05, 0.1) is 26.7 Å². The molecule has 92 valence electrons. The summed E-state index contributed by atoms with van der Waals surface area (Å²) < 4.78 is 0. The Labute approximate surface area is 98.9 Å². The zero-order valence-corrected chi connectivity index (χ0v) is 10.6. The molecule has 4 heteroatoms. The van der Waals surface area contributed by atoms with E-state index in [-0.39, 0.29) is 0 Å². The van der Waals surface area contributed by atoms with E-state index in [2.05, 4.69) is 39.9 Å². The molecule has 2 fully saturated rings. The van der Waals surface area contributed by atoms with Crippen LogP contribution in [-0.2, 0) is 0 Å². The van der Waals surface area contributed by atoms with Gasteiger partial charge in [0, 0.05) is 19.6 Å². The molecule has 2 heterocycles. The van der Waals surface area contributed by atoms with Crippen LogP contribution in [0.1, 0.15) is 20.3 Å². The fourth-order valence-corrected chi connectivity index (χ4v) is 2.38. The van der Waals surface area contributed by atoms with Gasteiger partial charge in [-0.1, -0.05) is 11.6 Å². The molecule has 0 saturated carbocycles. The maximum Gasteiger partial charge on any atom is 0.0542 e. The summed E-state index contributed by atoms with van der Waals surface area (Å²) in [6.07, 6.45) is 3.57. The topological polar surface area (TPSA) is 21.8 Å². The number of nitrogens with zero attached hydrogens (tertiary/aromatic N) is 3. The van der Waals surface area contributed by atoms with Crippen LogP contribution in [-0.4, -0.2) is 61.0 Å². The van der Waals surface area contributed by atoms with Crippen molar-refractivity contribution >= 4 is 0 Å². The molecule has 0 amide bonds. The SMILES string of the molecule is CC(C)=CCNCN1CN2CCCN(C2)C1. The van der Waals surface area contributed by atoms with Crippen molar-refractivity contribution in [2.24, 2.45) is 0 Å². The molecular formula is C12H24N4. The van der Waals surface area contributed by atoms with Gasteiger partial charge in [0.1, 0.15) is 0 Å². The van der Waals surface area contributed by atoms with Gasteiger partial charge in [0.15, 0.2) is 0 Å². The zero-order valence-electron chi connectivity index (χ0n) is 10.6. The molecule has 2 aliphatic heterocycles. The second-order valence-corrected chi connectivity index (χ2v) is 5.13. The van der Waals surface area contributed by atoms with Crippen molar-refractivity contribution in [1.82, 2.24) is 20.0 Å². The van der Waals surface area contributed by atoms with E-state index in [0.717, 1.165) is 26.6 Å². The van der Waals surface area contributed by atoms with Gasteiger partial charge >= 0.3 is 0 Å². The number of nitrogens with one attached hydrogen (secondary N) is 1. The fraction of sp³-hybridized carbons (Fsp3) is 0.833. The second-order valence-electron chi connectivity index (χ2n) is 5.13. The van der Waals surface area contributed by atoms with Crippen LogP contribution < -0.4 is 5.32 Å². The summed E-state index contributed by atoms with van der Waals surface area (Å²) in [6.45, 7) is 12.2. The molecule has 2 unspecified atom stereocenters. The van der Waals surface area contributed by atoms with E-state index >= 15 is 0 Å². The normalized spacial score (nSPS) is 30.1. The van der Waals surface area contributed by atoms with Crippen LogP contribution in [0.5, 0.6) is 0 Å². The first-order valence-electron chi connectivity index (χ1n) is 6.25. The predicted octanol–water partition coefficient (Wildman–Crippen LogP) is 0.696. The summed E-state index contributed by atoms with van der Waals surface area (Å²) in [4.78, 5) is 7.52. The van der Waals surface area contributed by atoms with Crippen LogP contribution in [0.2, 0.25) is 0 Å². The highest BCUT2D eigenvalue weighted by Crippen LogP contribution is 2.12. The average Bonchev–Trinajstić information content (AvgIpc) is 2.24. The van der Waals surface area contributed by atoms with E-state index in [0.29, 0.717) is 0 Å². The zero-order chi connectivity index (χ0) is 11.4. The van der Waals surface area contributed by atoms with Gasteiger partial charge in [-0.2, -0.15) is 0 Å². The average molecular weight is 224 g/mol. The third-order valence-electron chi connectivity index (χ3n) is 3.14. The predicted molar refractivity (Wildman–Crippen MR) is 66.8 cm³/mol. The minimum Gasteiger partial charge on any atom is -0.301 e. The van der Waals surface area contributed by atoms with Crippen molar-refractivity contribution in [3.05, 3.63) is 11.6 Å². The molecule has 2 aliphatic rings. The molecule has 0 spiro atoms. The molecule has 1 N–H and O–H groups in total. The molecule has 2 bridgehead atoms. The standard InChI is InChI=1S/C12H24N4/c1-12(2)4-5-13-8-16-10-14-6-3-7-15(9-14)11-16/h4,13H,3,5-11H2,1-2H3. The van der Waals surface area contributed by atoms with Crippen molar-refractivity contribution < 1.29 is 0 Å². The van der Waals surface area contributed by atoms with Crippen LogP contribution in [0, 0.1) is 0 Å². The first-order valence-corrected chi connectivity index (χ1v) is 6.25. The van der Waals surface area contributed by atoms with Crippen molar-refractivity contribution in [1.29, 1.82) is 0 Å². The summed E-state index contributed by atoms with van der Waals surface area (Å²) in [5.41, 5.74) is 1.38. The molecule has 0 aromatic carbocycles. The van der Waals surface area contributed by atoms with Gasteiger partial charge in [-0.15, -0.1) is 0 Å². The summed E-state index contributed by atoms with van der Waals surface area (Å²) in [7, 11) is 0. The Morgan fingerprint density at radius 1 is 1.12 bits per heavy atom. The highest BCUT2D eigenvalue weighted by Gasteiger charge is 2.25. The molecule has 0 aromatic heterocycles. The van der Waals surface area contributed by atoms with Crippen molar-refractivity contribution in [2.75, 3.05) is 46.3 Å². The largest absolute Gasteiger partial charge is 0.301 e. The van der Waals surface area contributed by atoms with Gasteiger partial charge in [0.25, 0.3) is 0 Å². The lowest BCUT2D eigenvalue weighted by Crippen LogP contribution is -2.59. The molecule has 2 saturated heterocycles. The third-order valence-corrected chi connectivity index (χ3v) is 3.14. The maximum atomic E-state index is 3.47. The number of allylic oxidation sites excluding steroid dienone is 1. The number of hydrogen-bond donors (Lipinski definition) is 1. The van der Waals surface area contributed by atoms with Gasteiger partial charge in [0.2, 0.25) is 0 Å². The molecule has 2 rings (SSSR count). The minimum atomic E-state index is 0.985. The Bertz CT molecular complexity index is 235. The van der Waals surface area contributed by atoms with Crippen molar-refractivity contribution in [3.63, 3.8) is 0 Å². The highest BCUT2D eigenvalue weighted by molar-refractivity contribution is 4.94. The van der Waals surface area contributed by atoms with E-state index in [1.807, 2.05) is 0 Å². The Kier molecular flexibility index (Phi) is 4.35. The second kappa shape index (κ2) is 5.77. The first-order chi connectivity index (χ1) is 7.74. The highest BCUT2D eigenvalue weighted by atomic mass is 15.5. The lowest BCUT2D eigenvalue weighted by atomic mass is 10.3. The van der Waals surface area contributed by atoms with Crippen LogP contribution >= 0.6 is 0 Å². The number of hydrogen-bond acceptors (Lipinski definition) is 4. The van der Waals surface area contributed by atoms with Crippen LogP contribution in [0.4, 0.5) is 0 Å². The lowest BCUT2D eigenvalue weighted by Gasteiger charge is -2.45. The smallest absolute Gasteiger partial charge is 0.0542 e. The van der Waals surface area contributed by atoms with Crippen molar-refractivity contribution in [3.8, 4) is 0 Å². The van der Waals surface area contributed by atoms with Gasteiger partial charge in [-0.25, -0.2) is 0 Å². The molecule has 0 aliphatic carbocycles. The quantitative estimate of drug-likeness (QED) is 0.560. The third kappa shape index (κ3) is 3.56. The number of fused-ring (bicyclic) bond motifs is 2. The molecule has 16 heavy (non-hydrogen) atoms. The lowest BCUT2D eigenvalue weighted by molar-refractivity contribution is -0.0578. The monoisotopic (exact) mass is 224 g/mol.